The Morgan fingerprint density at radius 3 is 2.80 bits per heavy atom. The second kappa shape index (κ2) is 7.18. The first-order chi connectivity index (χ1) is 12.3. The number of carbonyl (C=O) groups is 1. The molecule has 0 atom stereocenters. The molecule has 0 unspecified atom stereocenters. The fourth-order valence-electron chi connectivity index (χ4n) is 4.58. The van der Waals surface area contributed by atoms with E-state index in [4.69, 9.17) is 4.74 Å². The number of benzene rings is 1. The van der Waals surface area contributed by atoms with Gasteiger partial charge in [0.15, 0.2) is 0 Å². The third-order valence-electron chi connectivity index (χ3n) is 6.13. The highest BCUT2D eigenvalue weighted by molar-refractivity contribution is 6.06. The fourth-order valence-corrected chi connectivity index (χ4v) is 4.58. The van der Waals surface area contributed by atoms with Gasteiger partial charge in [0.05, 0.1) is 0 Å². The zero-order valence-electron chi connectivity index (χ0n) is 14.6. The molecule has 4 rings (SSSR count). The van der Waals surface area contributed by atoms with Gasteiger partial charge in [-0.25, -0.2) is 0 Å². The molecule has 0 aliphatic carbocycles. The van der Waals surface area contributed by atoms with Gasteiger partial charge in [0, 0.05) is 42.4 Å². The maximum Gasteiger partial charge on any atom is 0.251 e. The highest BCUT2D eigenvalue weighted by Crippen LogP contribution is 2.42. The number of carbonyl (C=O) groups excluding carboxylic acids is 1. The Morgan fingerprint density at radius 1 is 1.20 bits per heavy atom. The minimum atomic E-state index is 0.0324. The van der Waals surface area contributed by atoms with Crippen LogP contribution in [-0.2, 0) is 4.74 Å². The van der Waals surface area contributed by atoms with E-state index in [0.717, 1.165) is 62.2 Å². The van der Waals surface area contributed by atoms with Crippen molar-refractivity contribution in [1.82, 2.24) is 15.6 Å². The molecule has 1 aromatic carbocycles. The van der Waals surface area contributed by atoms with Crippen LogP contribution in [0, 0.1) is 11.3 Å². The molecular weight excluding hydrogens is 314 g/mol. The third kappa shape index (κ3) is 3.31. The van der Waals surface area contributed by atoms with Crippen molar-refractivity contribution >= 4 is 16.8 Å². The van der Waals surface area contributed by atoms with Gasteiger partial charge in [-0.1, -0.05) is 6.07 Å². The van der Waals surface area contributed by atoms with Crippen LogP contribution in [0.2, 0.25) is 0 Å². The lowest BCUT2D eigenvalue weighted by atomic mass is 9.66. The molecule has 3 heterocycles. The van der Waals surface area contributed by atoms with Crippen molar-refractivity contribution in [2.45, 2.75) is 25.7 Å². The quantitative estimate of drug-likeness (QED) is 0.801. The number of piperidine rings is 1. The van der Waals surface area contributed by atoms with Gasteiger partial charge >= 0.3 is 0 Å². The summed E-state index contributed by atoms with van der Waals surface area (Å²) in [5.74, 6) is 0.700. The highest BCUT2D eigenvalue weighted by atomic mass is 16.5. The van der Waals surface area contributed by atoms with E-state index in [-0.39, 0.29) is 11.3 Å². The molecule has 2 fully saturated rings. The summed E-state index contributed by atoms with van der Waals surface area (Å²) in [5, 5.41) is 7.71. The number of nitrogens with one attached hydrogen (secondary N) is 3. The predicted octanol–water partition coefficient (Wildman–Crippen LogP) is 2.69. The summed E-state index contributed by atoms with van der Waals surface area (Å²) in [7, 11) is 0. The van der Waals surface area contributed by atoms with E-state index in [2.05, 4.69) is 15.6 Å². The van der Waals surface area contributed by atoms with E-state index in [1.165, 1.54) is 12.8 Å². The summed E-state index contributed by atoms with van der Waals surface area (Å²) >= 11 is 0. The van der Waals surface area contributed by atoms with E-state index in [1.54, 1.807) is 0 Å². The lowest BCUT2D eigenvalue weighted by molar-refractivity contribution is -0.0253. The van der Waals surface area contributed by atoms with Crippen LogP contribution < -0.4 is 10.6 Å². The summed E-state index contributed by atoms with van der Waals surface area (Å²) in [6, 6.07) is 7.82. The van der Waals surface area contributed by atoms with Gasteiger partial charge in [-0.3, -0.25) is 4.79 Å². The van der Waals surface area contributed by atoms with Crippen LogP contribution in [0.5, 0.6) is 0 Å². The van der Waals surface area contributed by atoms with Gasteiger partial charge in [-0.15, -0.1) is 0 Å². The first kappa shape index (κ1) is 16.6. The monoisotopic (exact) mass is 341 g/mol. The predicted molar refractivity (Wildman–Crippen MR) is 98.7 cm³/mol. The van der Waals surface area contributed by atoms with Gasteiger partial charge in [-0.2, -0.15) is 0 Å². The summed E-state index contributed by atoms with van der Waals surface area (Å²) in [6.07, 6.45) is 6.38. The highest BCUT2D eigenvalue weighted by Gasteiger charge is 2.40. The Hall–Kier alpha value is -1.85. The van der Waals surface area contributed by atoms with Gasteiger partial charge in [-0.05, 0) is 68.3 Å². The molecule has 2 saturated heterocycles. The number of aromatic amines is 1. The number of amides is 1. The number of H-pyrrole nitrogens is 1. The molecule has 2 aromatic rings. The molecule has 5 nitrogen and oxygen atoms in total. The Kier molecular flexibility index (Phi) is 4.77. The van der Waals surface area contributed by atoms with Gasteiger partial charge in [0.2, 0.25) is 0 Å². The maximum absolute atomic E-state index is 12.9. The van der Waals surface area contributed by atoms with E-state index in [9.17, 15) is 4.79 Å². The summed E-state index contributed by atoms with van der Waals surface area (Å²) in [5.41, 5.74) is 1.94. The second-order valence-corrected chi connectivity index (χ2v) is 7.43. The molecule has 134 valence electrons. The Bertz CT molecular complexity index is 727. The number of ether oxygens (including phenoxy) is 1. The van der Waals surface area contributed by atoms with Gasteiger partial charge in [0.25, 0.3) is 5.91 Å². The van der Waals surface area contributed by atoms with Crippen LogP contribution >= 0.6 is 0 Å². The van der Waals surface area contributed by atoms with Crippen molar-refractivity contribution in [2.75, 3.05) is 32.8 Å². The fraction of sp³-hybridized carbons (Fsp3) is 0.550. The van der Waals surface area contributed by atoms with Crippen LogP contribution in [-0.4, -0.2) is 43.7 Å². The molecule has 2 aliphatic heterocycles. The molecule has 2 aliphatic rings. The van der Waals surface area contributed by atoms with Gasteiger partial charge < -0.3 is 20.4 Å². The molecule has 3 N–H and O–H groups in total. The number of hydrogen-bond donors (Lipinski definition) is 3. The topological polar surface area (TPSA) is 66.2 Å². The zero-order chi connectivity index (χ0) is 17.1. The summed E-state index contributed by atoms with van der Waals surface area (Å²) in [6.45, 7) is 4.55. The SMILES string of the molecule is O=C(NCC1(C2CCNCC2)CCOCC1)c1cccc2[nH]ccc12. The lowest BCUT2D eigenvalue weighted by Crippen LogP contribution is -2.49. The average Bonchev–Trinajstić information content (AvgIpc) is 3.16. The molecular formula is C20H27N3O2. The van der Waals surface area contributed by atoms with Crippen LogP contribution in [0.25, 0.3) is 10.9 Å². The van der Waals surface area contributed by atoms with Crippen molar-refractivity contribution in [2.24, 2.45) is 11.3 Å². The number of aromatic nitrogens is 1. The Balaban J connectivity index is 1.50. The number of rotatable bonds is 4. The largest absolute Gasteiger partial charge is 0.381 e. The molecule has 1 amide bonds. The van der Waals surface area contributed by atoms with Crippen molar-refractivity contribution in [1.29, 1.82) is 0 Å². The van der Waals surface area contributed by atoms with Crippen molar-refractivity contribution < 1.29 is 9.53 Å². The molecule has 0 spiro atoms. The molecule has 0 saturated carbocycles. The van der Waals surface area contributed by atoms with E-state index >= 15 is 0 Å². The molecule has 0 radical (unpaired) electrons. The normalized spacial score (nSPS) is 21.3. The average molecular weight is 341 g/mol. The number of hydrogen-bond acceptors (Lipinski definition) is 3. The summed E-state index contributed by atoms with van der Waals surface area (Å²) < 4.78 is 5.62. The maximum atomic E-state index is 12.9. The number of fused-ring (bicyclic) bond motifs is 1. The minimum Gasteiger partial charge on any atom is -0.381 e. The van der Waals surface area contributed by atoms with Crippen LogP contribution in [0.3, 0.4) is 0 Å². The third-order valence-corrected chi connectivity index (χ3v) is 6.13. The molecule has 5 heteroatoms. The standard InChI is InChI=1S/C20H27N3O2/c24-19(17-2-1-3-18-16(17)6-11-22-18)23-14-20(7-12-25-13-8-20)15-4-9-21-10-5-15/h1-3,6,11,15,21-22H,4-5,7-10,12-14H2,(H,23,24). The first-order valence-electron chi connectivity index (χ1n) is 9.41. The second-order valence-electron chi connectivity index (χ2n) is 7.43. The van der Waals surface area contributed by atoms with E-state index in [0.29, 0.717) is 5.92 Å². The Morgan fingerprint density at radius 2 is 2.00 bits per heavy atom. The molecule has 25 heavy (non-hydrogen) atoms. The van der Waals surface area contributed by atoms with Crippen LogP contribution in [0.4, 0.5) is 0 Å². The van der Waals surface area contributed by atoms with Crippen molar-refractivity contribution in [3.8, 4) is 0 Å². The van der Waals surface area contributed by atoms with E-state index in [1.807, 2.05) is 30.5 Å². The Labute approximate surface area is 148 Å². The minimum absolute atomic E-state index is 0.0324. The van der Waals surface area contributed by atoms with Crippen LogP contribution in [0.1, 0.15) is 36.0 Å². The molecule has 1 aromatic heterocycles. The van der Waals surface area contributed by atoms with E-state index < -0.39 is 0 Å². The smallest absolute Gasteiger partial charge is 0.251 e. The van der Waals surface area contributed by atoms with Crippen molar-refractivity contribution in [3.63, 3.8) is 0 Å². The van der Waals surface area contributed by atoms with Gasteiger partial charge in [0.1, 0.15) is 0 Å². The molecule has 0 bridgehead atoms. The van der Waals surface area contributed by atoms with Crippen LogP contribution in [0.15, 0.2) is 30.5 Å². The van der Waals surface area contributed by atoms with Crippen molar-refractivity contribution in [3.05, 3.63) is 36.0 Å². The lowest BCUT2D eigenvalue weighted by Gasteiger charge is -2.45. The first-order valence-corrected chi connectivity index (χ1v) is 9.41. The zero-order valence-corrected chi connectivity index (χ0v) is 14.6. The summed E-state index contributed by atoms with van der Waals surface area (Å²) in [4.78, 5) is 16.0.